The first-order valence-corrected chi connectivity index (χ1v) is 10.8. The van der Waals surface area contributed by atoms with E-state index >= 15 is 0 Å². The van der Waals surface area contributed by atoms with Gasteiger partial charge >= 0.3 is 0 Å². The highest BCUT2D eigenvalue weighted by Crippen LogP contribution is 2.30. The Morgan fingerprint density at radius 3 is 2.62 bits per heavy atom. The number of hydrogen-bond donors (Lipinski definition) is 0. The van der Waals surface area contributed by atoms with Crippen molar-refractivity contribution in [2.24, 2.45) is 0 Å². The van der Waals surface area contributed by atoms with Gasteiger partial charge in [0.15, 0.2) is 0 Å². The summed E-state index contributed by atoms with van der Waals surface area (Å²) < 4.78 is 13.6. The number of aromatic nitrogens is 1. The number of fused-ring (bicyclic) bond motifs is 3. The summed E-state index contributed by atoms with van der Waals surface area (Å²) in [4.78, 5) is 17.4. The Kier molecular flexibility index (Phi) is 5.83. The molecule has 2 aliphatic heterocycles. The minimum absolute atomic E-state index is 0.0838. The number of hydrogen-bond acceptors (Lipinski definition) is 4. The first-order chi connectivity index (χ1) is 14.0. The Labute approximate surface area is 173 Å². The Balaban J connectivity index is 1.51. The Morgan fingerprint density at radius 2 is 1.93 bits per heavy atom. The van der Waals surface area contributed by atoms with Gasteiger partial charge in [-0.25, -0.2) is 0 Å². The average molecular weight is 400 g/mol. The van der Waals surface area contributed by atoms with Crippen LogP contribution >= 0.6 is 0 Å². The number of amides is 1. The molecule has 4 rings (SSSR count). The molecule has 0 radical (unpaired) electrons. The highest BCUT2D eigenvalue weighted by Gasteiger charge is 2.31. The number of benzene rings is 1. The summed E-state index contributed by atoms with van der Waals surface area (Å²) in [6.07, 6.45) is 2.39. The predicted molar refractivity (Wildman–Crippen MR) is 115 cm³/mol. The van der Waals surface area contributed by atoms with Crippen LogP contribution in [0.5, 0.6) is 5.75 Å². The Bertz CT molecular complexity index is 868. The quantitative estimate of drug-likeness (QED) is 0.747. The maximum absolute atomic E-state index is 13.0. The van der Waals surface area contributed by atoms with E-state index in [0.29, 0.717) is 19.2 Å². The molecule has 0 N–H and O–H groups in total. The summed E-state index contributed by atoms with van der Waals surface area (Å²) in [6.45, 7) is 10.8. The smallest absolute Gasteiger partial charge is 0.270 e. The molecule has 1 saturated heterocycles. The molecule has 1 aromatic heterocycles. The van der Waals surface area contributed by atoms with Crippen LogP contribution in [0.15, 0.2) is 24.3 Å². The van der Waals surface area contributed by atoms with Crippen LogP contribution in [0.3, 0.4) is 0 Å². The largest absolute Gasteiger partial charge is 0.490 e. The molecule has 0 spiro atoms. The van der Waals surface area contributed by atoms with Gasteiger partial charge in [0.05, 0.1) is 6.61 Å². The van der Waals surface area contributed by atoms with Crippen LogP contribution in [-0.2, 0) is 11.3 Å². The molecular formula is C23H33N3O3. The third kappa shape index (κ3) is 4.01. The summed E-state index contributed by atoms with van der Waals surface area (Å²) in [6, 6.07) is 9.01. The maximum atomic E-state index is 13.0. The van der Waals surface area contributed by atoms with Crippen molar-refractivity contribution in [1.82, 2.24) is 14.4 Å². The zero-order valence-corrected chi connectivity index (χ0v) is 18.1. The van der Waals surface area contributed by atoms with Crippen LogP contribution in [0.2, 0.25) is 0 Å². The van der Waals surface area contributed by atoms with Crippen molar-refractivity contribution >= 4 is 16.8 Å². The van der Waals surface area contributed by atoms with Gasteiger partial charge in [-0.2, -0.15) is 0 Å². The minimum Gasteiger partial charge on any atom is -0.490 e. The molecule has 1 aromatic carbocycles. The van der Waals surface area contributed by atoms with Crippen LogP contribution in [-0.4, -0.2) is 71.8 Å². The number of likely N-dealkylation sites (tertiary alicyclic amines) is 1. The second-order valence-electron chi connectivity index (χ2n) is 8.65. The van der Waals surface area contributed by atoms with E-state index in [4.69, 9.17) is 9.47 Å². The lowest BCUT2D eigenvalue weighted by Crippen LogP contribution is -2.47. The van der Waals surface area contributed by atoms with Crippen LogP contribution in [0.25, 0.3) is 10.9 Å². The second-order valence-corrected chi connectivity index (χ2v) is 8.65. The van der Waals surface area contributed by atoms with Crippen molar-refractivity contribution in [3.63, 3.8) is 0 Å². The molecule has 0 aliphatic carbocycles. The van der Waals surface area contributed by atoms with Crippen molar-refractivity contribution < 1.29 is 14.3 Å². The predicted octanol–water partition coefficient (Wildman–Crippen LogP) is 3.38. The molecule has 0 bridgehead atoms. The van der Waals surface area contributed by atoms with Gasteiger partial charge < -0.3 is 23.8 Å². The van der Waals surface area contributed by atoms with E-state index in [0.717, 1.165) is 54.8 Å². The van der Waals surface area contributed by atoms with E-state index < -0.39 is 0 Å². The molecule has 1 amide bonds. The summed E-state index contributed by atoms with van der Waals surface area (Å²) in [7, 11) is 1.67. The fourth-order valence-corrected chi connectivity index (χ4v) is 4.62. The number of piperidine rings is 1. The molecule has 29 heavy (non-hydrogen) atoms. The van der Waals surface area contributed by atoms with Gasteiger partial charge in [0.1, 0.15) is 17.5 Å². The van der Waals surface area contributed by atoms with E-state index in [9.17, 15) is 4.79 Å². The second kappa shape index (κ2) is 8.36. The Hall–Kier alpha value is -2.05. The third-order valence-electron chi connectivity index (χ3n) is 6.38. The van der Waals surface area contributed by atoms with Gasteiger partial charge in [0, 0.05) is 56.3 Å². The fraction of sp³-hybridized carbons (Fsp3) is 0.609. The van der Waals surface area contributed by atoms with Gasteiger partial charge in [0.2, 0.25) is 0 Å². The lowest BCUT2D eigenvalue weighted by Gasteiger charge is -2.34. The lowest BCUT2D eigenvalue weighted by atomic mass is 10.1. The minimum atomic E-state index is 0.0838. The van der Waals surface area contributed by atoms with Crippen molar-refractivity contribution in [3.05, 3.63) is 30.0 Å². The van der Waals surface area contributed by atoms with E-state index in [-0.39, 0.29) is 18.1 Å². The van der Waals surface area contributed by atoms with Gasteiger partial charge in [-0.15, -0.1) is 0 Å². The Morgan fingerprint density at radius 1 is 1.17 bits per heavy atom. The van der Waals surface area contributed by atoms with Gasteiger partial charge in [-0.1, -0.05) is 0 Å². The summed E-state index contributed by atoms with van der Waals surface area (Å²) >= 11 is 0. The highest BCUT2D eigenvalue weighted by atomic mass is 16.5. The molecule has 6 heteroatoms. The SMILES string of the molecule is COCCN1C(=O)c2cc3cc(OC4CCN(C(C)C)CC4)ccc3n2C[C@@H]1C. The van der Waals surface area contributed by atoms with E-state index in [1.165, 1.54) is 0 Å². The van der Waals surface area contributed by atoms with E-state index in [1.54, 1.807) is 7.11 Å². The van der Waals surface area contributed by atoms with Crippen LogP contribution in [0.4, 0.5) is 0 Å². The molecule has 2 aromatic rings. The first kappa shape index (κ1) is 20.2. The molecule has 3 heterocycles. The van der Waals surface area contributed by atoms with Gasteiger partial charge in [0.25, 0.3) is 5.91 Å². The van der Waals surface area contributed by atoms with Crippen molar-refractivity contribution in [2.45, 2.75) is 58.3 Å². The fourth-order valence-electron chi connectivity index (χ4n) is 4.62. The zero-order valence-electron chi connectivity index (χ0n) is 18.1. The number of methoxy groups -OCH3 is 1. The van der Waals surface area contributed by atoms with E-state index in [2.05, 4.69) is 48.4 Å². The standard InChI is InChI=1S/C23H33N3O3/c1-16(2)24-9-7-19(8-10-24)29-20-5-6-21-18(13-20)14-22-23(27)25(11-12-28-4)17(3)15-26(21)22/h5-6,13-14,16-17,19H,7-12,15H2,1-4H3/t17-/m0/s1. The monoisotopic (exact) mass is 399 g/mol. The number of nitrogens with zero attached hydrogens (tertiary/aromatic N) is 3. The molecule has 0 saturated carbocycles. The topological polar surface area (TPSA) is 46.9 Å². The summed E-state index contributed by atoms with van der Waals surface area (Å²) in [5.74, 6) is 0.987. The molecule has 2 aliphatic rings. The molecule has 1 atom stereocenters. The zero-order chi connectivity index (χ0) is 20.5. The number of carbonyl (C=O) groups excluding carboxylic acids is 1. The first-order valence-electron chi connectivity index (χ1n) is 10.8. The number of rotatable bonds is 6. The maximum Gasteiger partial charge on any atom is 0.270 e. The number of ether oxygens (including phenoxy) is 2. The summed E-state index contributed by atoms with van der Waals surface area (Å²) in [5.41, 5.74) is 1.87. The third-order valence-corrected chi connectivity index (χ3v) is 6.38. The van der Waals surface area contributed by atoms with E-state index in [1.807, 2.05) is 11.0 Å². The van der Waals surface area contributed by atoms with Gasteiger partial charge in [-0.3, -0.25) is 4.79 Å². The van der Waals surface area contributed by atoms with Crippen LogP contribution < -0.4 is 4.74 Å². The molecule has 6 nitrogen and oxygen atoms in total. The molecule has 0 unspecified atom stereocenters. The van der Waals surface area contributed by atoms with Gasteiger partial charge in [-0.05, 0) is 57.9 Å². The van der Waals surface area contributed by atoms with Crippen molar-refractivity contribution in [3.8, 4) is 5.75 Å². The van der Waals surface area contributed by atoms with Crippen molar-refractivity contribution in [1.29, 1.82) is 0 Å². The lowest BCUT2D eigenvalue weighted by molar-refractivity contribution is 0.0540. The molecule has 158 valence electrons. The van der Waals surface area contributed by atoms with Crippen molar-refractivity contribution in [2.75, 3.05) is 33.4 Å². The normalized spacial score (nSPS) is 21.2. The highest BCUT2D eigenvalue weighted by molar-refractivity contribution is 6.00. The number of carbonyl (C=O) groups is 1. The average Bonchev–Trinajstić information content (AvgIpc) is 3.06. The van der Waals surface area contributed by atoms with Crippen LogP contribution in [0.1, 0.15) is 44.1 Å². The molecular weight excluding hydrogens is 366 g/mol. The molecule has 1 fully saturated rings. The van der Waals surface area contributed by atoms with Crippen LogP contribution in [0, 0.1) is 0 Å². The summed E-state index contributed by atoms with van der Waals surface area (Å²) in [5, 5.41) is 1.08.